The van der Waals surface area contributed by atoms with Gasteiger partial charge in [-0.25, -0.2) is 4.99 Å². The maximum Gasteiger partial charge on any atom is 0.191 e. The first-order chi connectivity index (χ1) is 13.3. The molecule has 8 heteroatoms. The summed E-state index contributed by atoms with van der Waals surface area (Å²) in [6.45, 7) is 4.76. The average molecular weight is 494 g/mol. The Balaban J connectivity index is 0.00000280. The van der Waals surface area contributed by atoms with Crippen LogP contribution in [0.15, 0.2) is 53.8 Å². The lowest BCUT2D eigenvalue weighted by molar-refractivity contribution is 0.311. The molecule has 0 radical (unpaired) electrons. The van der Waals surface area contributed by atoms with Gasteiger partial charge in [-0.15, -0.1) is 34.2 Å². The van der Waals surface area contributed by atoms with Crippen LogP contribution in [0.1, 0.15) is 19.2 Å². The zero-order valence-electron chi connectivity index (χ0n) is 16.3. The van der Waals surface area contributed by atoms with Crippen LogP contribution in [0.5, 0.6) is 5.75 Å². The van der Waals surface area contributed by atoms with Gasteiger partial charge >= 0.3 is 0 Å². The SMILES string of the molecule is CCNC(=NCc1nncn1C)NCCCOc1ccc2ccccc2c1.I. The maximum absolute atomic E-state index is 5.87. The van der Waals surface area contributed by atoms with Gasteiger partial charge < -0.3 is 19.9 Å². The summed E-state index contributed by atoms with van der Waals surface area (Å²) in [4.78, 5) is 4.54. The first kappa shape index (κ1) is 21.9. The van der Waals surface area contributed by atoms with Crippen molar-refractivity contribution in [1.29, 1.82) is 0 Å². The Labute approximate surface area is 182 Å². The summed E-state index contributed by atoms with van der Waals surface area (Å²) in [6, 6.07) is 14.5. The highest BCUT2D eigenvalue weighted by Gasteiger charge is 2.02. The third-order valence-corrected chi connectivity index (χ3v) is 4.13. The van der Waals surface area contributed by atoms with Crippen molar-refractivity contribution in [1.82, 2.24) is 25.4 Å². The molecule has 0 saturated heterocycles. The lowest BCUT2D eigenvalue weighted by Gasteiger charge is -2.12. The van der Waals surface area contributed by atoms with Crippen LogP contribution in [0, 0.1) is 0 Å². The average Bonchev–Trinajstić information content (AvgIpc) is 3.10. The van der Waals surface area contributed by atoms with Gasteiger partial charge in [-0.05, 0) is 36.2 Å². The van der Waals surface area contributed by atoms with E-state index in [1.54, 1.807) is 6.33 Å². The molecule has 0 amide bonds. The van der Waals surface area contributed by atoms with E-state index in [1.165, 1.54) is 10.8 Å². The van der Waals surface area contributed by atoms with Gasteiger partial charge in [0.05, 0.1) is 6.61 Å². The predicted octanol–water partition coefficient (Wildman–Crippen LogP) is 3.11. The van der Waals surface area contributed by atoms with E-state index in [0.29, 0.717) is 13.2 Å². The lowest BCUT2D eigenvalue weighted by Crippen LogP contribution is -2.38. The van der Waals surface area contributed by atoms with Crippen molar-refractivity contribution < 1.29 is 4.74 Å². The third-order valence-electron chi connectivity index (χ3n) is 4.13. The minimum Gasteiger partial charge on any atom is -0.494 e. The van der Waals surface area contributed by atoms with Crippen LogP contribution in [0.4, 0.5) is 0 Å². The van der Waals surface area contributed by atoms with Crippen molar-refractivity contribution in [3.63, 3.8) is 0 Å². The summed E-state index contributed by atoms with van der Waals surface area (Å²) in [5, 5.41) is 16.9. The quantitative estimate of drug-likeness (QED) is 0.218. The summed E-state index contributed by atoms with van der Waals surface area (Å²) in [5.74, 6) is 2.50. The molecule has 1 aromatic heterocycles. The monoisotopic (exact) mass is 494 g/mol. The van der Waals surface area contributed by atoms with Crippen LogP contribution < -0.4 is 15.4 Å². The molecular formula is C20H27IN6O. The number of aliphatic imine (C=N–C) groups is 1. The van der Waals surface area contributed by atoms with Gasteiger partial charge in [-0.2, -0.15) is 0 Å². The second-order valence-corrected chi connectivity index (χ2v) is 6.19. The molecule has 0 fully saturated rings. The number of nitrogens with one attached hydrogen (secondary N) is 2. The molecular weight excluding hydrogens is 467 g/mol. The van der Waals surface area contributed by atoms with Crippen LogP contribution in [-0.4, -0.2) is 40.4 Å². The minimum atomic E-state index is 0. The molecule has 2 aromatic carbocycles. The van der Waals surface area contributed by atoms with Crippen molar-refractivity contribution in [2.24, 2.45) is 12.0 Å². The topological polar surface area (TPSA) is 76.4 Å². The largest absolute Gasteiger partial charge is 0.494 e. The standard InChI is InChI=1S/C20H26N6O.HI/c1-3-21-20(23-14-19-25-24-15-26(19)2)22-11-6-12-27-18-10-9-16-7-4-5-8-17(16)13-18;/h4-5,7-10,13,15H,3,6,11-12,14H2,1-2H3,(H2,21,22,23);1H. The van der Waals surface area contributed by atoms with Crippen LogP contribution in [0.3, 0.4) is 0 Å². The van der Waals surface area contributed by atoms with Gasteiger partial charge in [0.1, 0.15) is 18.6 Å². The Morgan fingerprint density at radius 3 is 2.71 bits per heavy atom. The van der Waals surface area contributed by atoms with E-state index in [-0.39, 0.29) is 24.0 Å². The Morgan fingerprint density at radius 2 is 1.96 bits per heavy atom. The minimum absolute atomic E-state index is 0. The van der Waals surface area contributed by atoms with Gasteiger partial charge in [0.15, 0.2) is 11.8 Å². The smallest absolute Gasteiger partial charge is 0.191 e. The van der Waals surface area contributed by atoms with Gasteiger partial charge in [-0.3, -0.25) is 0 Å². The van der Waals surface area contributed by atoms with E-state index in [9.17, 15) is 0 Å². The van der Waals surface area contributed by atoms with Crippen molar-refractivity contribution in [2.75, 3.05) is 19.7 Å². The number of nitrogens with zero attached hydrogens (tertiary/aromatic N) is 4. The second-order valence-electron chi connectivity index (χ2n) is 6.19. The number of guanidine groups is 1. The predicted molar refractivity (Wildman–Crippen MR) is 123 cm³/mol. The van der Waals surface area contributed by atoms with Crippen molar-refractivity contribution in [3.8, 4) is 5.75 Å². The summed E-state index contributed by atoms with van der Waals surface area (Å²) in [7, 11) is 1.91. The number of benzene rings is 2. The highest BCUT2D eigenvalue weighted by molar-refractivity contribution is 14.0. The molecule has 0 atom stereocenters. The molecule has 0 aliphatic heterocycles. The summed E-state index contributed by atoms with van der Waals surface area (Å²) in [5.41, 5.74) is 0. The van der Waals surface area contributed by atoms with Crippen molar-refractivity contribution >= 4 is 40.7 Å². The fraction of sp³-hybridized carbons (Fsp3) is 0.350. The number of ether oxygens (including phenoxy) is 1. The van der Waals surface area contributed by atoms with Crippen molar-refractivity contribution in [2.45, 2.75) is 19.9 Å². The number of fused-ring (bicyclic) bond motifs is 1. The Kier molecular flexibility index (Phi) is 8.99. The molecule has 150 valence electrons. The van der Waals surface area contributed by atoms with E-state index in [4.69, 9.17) is 4.74 Å². The molecule has 0 unspecified atom stereocenters. The molecule has 1 heterocycles. The molecule has 3 aromatic rings. The Hall–Kier alpha value is -2.36. The van der Waals surface area contributed by atoms with Crippen LogP contribution in [0.2, 0.25) is 0 Å². The highest BCUT2D eigenvalue weighted by Crippen LogP contribution is 2.20. The number of halogens is 1. The summed E-state index contributed by atoms with van der Waals surface area (Å²) < 4.78 is 7.73. The van der Waals surface area contributed by atoms with E-state index in [0.717, 1.165) is 37.0 Å². The molecule has 0 aliphatic rings. The molecule has 3 rings (SSSR count). The van der Waals surface area contributed by atoms with Crippen LogP contribution in [0.25, 0.3) is 10.8 Å². The van der Waals surface area contributed by atoms with E-state index >= 15 is 0 Å². The molecule has 7 nitrogen and oxygen atoms in total. The molecule has 0 bridgehead atoms. The van der Waals surface area contributed by atoms with E-state index in [2.05, 4.69) is 50.1 Å². The zero-order valence-corrected chi connectivity index (χ0v) is 18.6. The van der Waals surface area contributed by atoms with Gasteiger partial charge in [0, 0.05) is 20.1 Å². The fourth-order valence-corrected chi connectivity index (χ4v) is 2.67. The Bertz CT molecular complexity index is 895. The van der Waals surface area contributed by atoms with Crippen LogP contribution in [-0.2, 0) is 13.6 Å². The lowest BCUT2D eigenvalue weighted by atomic mass is 10.1. The summed E-state index contributed by atoms with van der Waals surface area (Å²) in [6.07, 6.45) is 2.55. The van der Waals surface area contributed by atoms with Crippen molar-refractivity contribution in [3.05, 3.63) is 54.6 Å². The number of aromatic nitrogens is 3. The maximum atomic E-state index is 5.87. The summed E-state index contributed by atoms with van der Waals surface area (Å²) >= 11 is 0. The second kappa shape index (κ2) is 11.5. The van der Waals surface area contributed by atoms with Crippen LogP contribution >= 0.6 is 24.0 Å². The Morgan fingerprint density at radius 1 is 1.14 bits per heavy atom. The highest BCUT2D eigenvalue weighted by atomic mass is 127. The number of hydrogen-bond donors (Lipinski definition) is 2. The number of hydrogen-bond acceptors (Lipinski definition) is 4. The van der Waals surface area contributed by atoms with Gasteiger partial charge in [0.25, 0.3) is 0 Å². The first-order valence-corrected chi connectivity index (χ1v) is 9.23. The molecule has 0 aliphatic carbocycles. The van der Waals surface area contributed by atoms with Gasteiger partial charge in [-0.1, -0.05) is 30.3 Å². The zero-order chi connectivity index (χ0) is 18.9. The molecule has 28 heavy (non-hydrogen) atoms. The third kappa shape index (κ3) is 6.36. The van der Waals surface area contributed by atoms with E-state index in [1.807, 2.05) is 36.7 Å². The van der Waals surface area contributed by atoms with E-state index < -0.39 is 0 Å². The van der Waals surface area contributed by atoms with Gasteiger partial charge in [0.2, 0.25) is 0 Å². The molecule has 0 saturated carbocycles. The fourth-order valence-electron chi connectivity index (χ4n) is 2.67. The number of rotatable bonds is 8. The molecule has 0 spiro atoms. The normalized spacial score (nSPS) is 11.1. The number of aryl methyl sites for hydroxylation is 1. The first-order valence-electron chi connectivity index (χ1n) is 9.23. The molecule has 2 N–H and O–H groups in total.